The van der Waals surface area contributed by atoms with Crippen LogP contribution in [0.2, 0.25) is 0 Å². The van der Waals surface area contributed by atoms with Crippen molar-refractivity contribution in [2.24, 2.45) is 10.1 Å². The van der Waals surface area contributed by atoms with Gasteiger partial charge in [0.05, 0.1) is 11.8 Å². The Morgan fingerprint density at radius 2 is 1.67 bits per heavy atom. The molecule has 0 spiro atoms. The number of benzene rings is 3. The monoisotopic (exact) mass is 496 g/mol. The Balaban J connectivity index is 1.34. The largest absolute Gasteiger partial charge is 0.326 e. The third-order valence-corrected chi connectivity index (χ3v) is 7.42. The number of amidine groups is 1. The Morgan fingerprint density at radius 3 is 2.36 bits per heavy atom. The van der Waals surface area contributed by atoms with Crippen molar-refractivity contribution in [1.29, 1.82) is 0 Å². The zero-order valence-electron chi connectivity index (χ0n) is 20.6. The lowest BCUT2D eigenvalue weighted by atomic mass is 9.98. The number of hydrogen-bond acceptors (Lipinski definition) is 5. The lowest BCUT2D eigenvalue weighted by Crippen LogP contribution is -2.25. The minimum Gasteiger partial charge on any atom is -0.326 e. The number of carbonyl (C=O) groups excluding carboxylic acids is 2. The van der Waals surface area contributed by atoms with E-state index in [1.54, 1.807) is 0 Å². The van der Waals surface area contributed by atoms with Crippen molar-refractivity contribution in [3.05, 3.63) is 101 Å². The van der Waals surface area contributed by atoms with Crippen molar-refractivity contribution < 1.29 is 9.59 Å². The second kappa shape index (κ2) is 10.1. The van der Waals surface area contributed by atoms with Gasteiger partial charge in [-0.15, -0.1) is 0 Å². The van der Waals surface area contributed by atoms with E-state index >= 15 is 0 Å². The first-order valence-corrected chi connectivity index (χ1v) is 12.9. The number of nitrogens with zero attached hydrogens (tertiary/aromatic N) is 3. The highest BCUT2D eigenvalue weighted by Gasteiger charge is 2.39. The summed E-state index contributed by atoms with van der Waals surface area (Å²) in [6.07, 6.45) is 0.764. The first-order chi connectivity index (χ1) is 17.4. The van der Waals surface area contributed by atoms with Crippen LogP contribution in [-0.4, -0.2) is 33.0 Å². The fourth-order valence-electron chi connectivity index (χ4n) is 4.57. The average Bonchev–Trinajstić information content (AvgIpc) is 3.43. The number of nitrogens with one attached hydrogen (secondary N) is 1. The fourth-order valence-corrected chi connectivity index (χ4v) is 5.63. The van der Waals surface area contributed by atoms with Crippen molar-refractivity contribution in [3.8, 4) is 0 Å². The van der Waals surface area contributed by atoms with Gasteiger partial charge in [-0.25, -0.2) is 5.01 Å². The Hall–Kier alpha value is -3.71. The predicted octanol–water partition coefficient (Wildman–Crippen LogP) is 5.79. The van der Waals surface area contributed by atoms with Gasteiger partial charge in [0.2, 0.25) is 5.91 Å². The van der Waals surface area contributed by atoms with Crippen LogP contribution < -0.4 is 5.32 Å². The SMILES string of the molecule is Cc1ccc([C@H]2CC(c3ccccc3)=NN2C2=NC(=O)[C@@H](CC(=O)Nc3cc(C)cc(C)c3)S2)cc1. The van der Waals surface area contributed by atoms with Crippen LogP contribution in [0.15, 0.2) is 82.9 Å². The average molecular weight is 497 g/mol. The maximum Gasteiger partial charge on any atom is 0.262 e. The summed E-state index contributed by atoms with van der Waals surface area (Å²) in [5.41, 5.74) is 7.19. The fraction of sp³-hybridized carbons (Fsp3) is 0.241. The van der Waals surface area contributed by atoms with E-state index in [1.807, 2.05) is 61.3 Å². The van der Waals surface area contributed by atoms with Crippen LogP contribution in [0.3, 0.4) is 0 Å². The van der Waals surface area contributed by atoms with Gasteiger partial charge >= 0.3 is 0 Å². The summed E-state index contributed by atoms with van der Waals surface area (Å²) in [5.74, 6) is -0.496. The molecular weight excluding hydrogens is 468 g/mol. The molecular formula is C29H28N4O2S. The molecule has 3 aromatic carbocycles. The van der Waals surface area contributed by atoms with Gasteiger partial charge in [-0.05, 0) is 55.2 Å². The summed E-state index contributed by atoms with van der Waals surface area (Å²) < 4.78 is 0. The molecule has 0 fully saturated rings. The Bertz CT molecular complexity index is 1350. The number of anilines is 1. The number of aryl methyl sites for hydroxylation is 3. The van der Waals surface area contributed by atoms with E-state index in [2.05, 4.69) is 47.6 Å². The van der Waals surface area contributed by atoms with Crippen LogP contribution in [-0.2, 0) is 9.59 Å². The smallest absolute Gasteiger partial charge is 0.262 e. The number of aliphatic imine (C=N–C) groups is 1. The number of thioether (sulfide) groups is 1. The van der Waals surface area contributed by atoms with Gasteiger partial charge in [-0.1, -0.05) is 78.0 Å². The van der Waals surface area contributed by atoms with Gasteiger partial charge in [0.1, 0.15) is 5.25 Å². The molecule has 0 aromatic heterocycles. The normalized spacial score (nSPS) is 19.3. The second-order valence-corrected chi connectivity index (χ2v) is 10.5. The molecule has 2 aliphatic heterocycles. The molecule has 2 amide bonds. The maximum atomic E-state index is 12.8. The van der Waals surface area contributed by atoms with Crippen molar-refractivity contribution >= 4 is 40.1 Å². The summed E-state index contributed by atoms with van der Waals surface area (Å²) in [5, 5.41) is 9.66. The summed E-state index contributed by atoms with van der Waals surface area (Å²) in [7, 11) is 0. The van der Waals surface area contributed by atoms with E-state index in [0.29, 0.717) is 11.6 Å². The first-order valence-electron chi connectivity index (χ1n) is 12.0. The third kappa shape index (κ3) is 5.26. The molecule has 1 N–H and O–H groups in total. The minimum atomic E-state index is -0.569. The van der Waals surface area contributed by atoms with Gasteiger partial charge in [0.15, 0.2) is 5.17 Å². The molecule has 2 aliphatic rings. The highest BCUT2D eigenvalue weighted by Crippen LogP contribution is 2.38. The third-order valence-electron chi connectivity index (χ3n) is 6.28. The second-order valence-electron chi connectivity index (χ2n) is 9.36. The molecule has 36 heavy (non-hydrogen) atoms. The lowest BCUT2D eigenvalue weighted by Gasteiger charge is -2.23. The van der Waals surface area contributed by atoms with Gasteiger partial charge in [-0.3, -0.25) is 9.59 Å². The van der Waals surface area contributed by atoms with Crippen LogP contribution in [0.1, 0.15) is 46.7 Å². The molecule has 5 rings (SSSR count). The molecule has 0 bridgehead atoms. The van der Waals surface area contributed by atoms with Crippen LogP contribution in [0.4, 0.5) is 5.69 Å². The summed E-state index contributed by atoms with van der Waals surface area (Å²) in [4.78, 5) is 29.9. The Labute approximate surface area is 215 Å². The molecule has 0 aliphatic carbocycles. The van der Waals surface area contributed by atoms with E-state index in [0.717, 1.165) is 33.7 Å². The first kappa shape index (κ1) is 24.0. The highest BCUT2D eigenvalue weighted by atomic mass is 32.2. The lowest BCUT2D eigenvalue weighted by molar-refractivity contribution is -0.121. The molecule has 0 saturated carbocycles. The summed E-state index contributed by atoms with van der Waals surface area (Å²) in [6.45, 7) is 6.04. The van der Waals surface area contributed by atoms with Crippen LogP contribution in [0, 0.1) is 20.8 Å². The predicted molar refractivity (Wildman–Crippen MR) is 146 cm³/mol. The number of rotatable bonds is 5. The standard InChI is InChI=1S/C29H28N4O2S/c1-18-9-11-22(12-10-18)25-16-24(21-7-5-4-6-8-21)32-33(25)29-31-28(35)26(36-29)17-27(34)30-23-14-19(2)13-20(3)15-23/h4-15,25-26H,16-17H2,1-3H3,(H,30,34)/t25-,26-/m1/s1. The topological polar surface area (TPSA) is 74.1 Å². The molecule has 182 valence electrons. The molecule has 2 atom stereocenters. The number of hydrazone groups is 1. The van der Waals surface area contributed by atoms with Crippen molar-refractivity contribution in [3.63, 3.8) is 0 Å². The minimum absolute atomic E-state index is 0.0573. The zero-order chi connectivity index (χ0) is 25.2. The quantitative estimate of drug-likeness (QED) is 0.485. The van der Waals surface area contributed by atoms with Gasteiger partial charge < -0.3 is 5.32 Å². The molecule has 0 unspecified atom stereocenters. The van der Waals surface area contributed by atoms with Crippen molar-refractivity contribution in [2.45, 2.75) is 44.9 Å². The van der Waals surface area contributed by atoms with Gasteiger partial charge in [0.25, 0.3) is 5.91 Å². The Morgan fingerprint density at radius 1 is 0.972 bits per heavy atom. The van der Waals surface area contributed by atoms with Crippen molar-refractivity contribution in [2.75, 3.05) is 5.32 Å². The van der Waals surface area contributed by atoms with E-state index in [-0.39, 0.29) is 24.3 Å². The molecule has 6 nitrogen and oxygen atoms in total. The Kier molecular flexibility index (Phi) is 6.74. The highest BCUT2D eigenvalue weighted by molar-refractivity contribution is 8.15. The molecule has 0 saturated heterocycles. The van der Waals surface area contributed by atoms with Gasteiger partial charge in [0, 0.05) is 18.5 Å². The van der Waals surface area contributed by atoms with E-state index in [1.165, 1.54) is 17.3 Å². The molecule has 7 heteroatoms. The summed E-state index contributed by atoms with van der Waals surface area (Å²) in [6, 6.07) is 24.3. The van der Waals surface area contributed by atoms with E-state index in [4.69, 9.17) is 5.10 Å². The number of hydrogen-bond donors (Lipinski definition) is 1. The molecule has 0 radical (unpaired) electrons. The van der Waals surface area contributed by atoms with Gasteiger partial charge in [-0.2, -0.15) is 10.1 Å². The van der Waals surface area contributed by atoms with Crippen molar-refractivity contribution in [1.82, 2.24) is 5.01 Å². The maximum absolute atomic E-state index is 12.8. The zero-order valence-corrected chi connectivity index (χ0v) is 21.4. The molecule has 2 heterocycles. The van der Waals surface area contributed by atoms with Crippen LogP contribution >= 0.6 is 11.8 Å². The van der Waals surface area contributed by atoms with Crippen LogP contribution in [0.5, 0.6) is 0 Å². The number of amides is 2. The van der Waals surface area contributed by atoms with E-state index < -0.39 is 5.25 Å². The number of carbonyl (C=O) groups is 2. The van der Waals surface area contributed by atoms with E-state index in [9.17, 15) is 9.59 Å². The van der Waals surface area contributed by atoms with Crippen LogP contribution in [0.25, 0.3) is 0 Å². The summed E-state index contributed by atoms with van der Waals surface area (Å²) >= 11 is 1.32. The molecule has 3 aromatic rings.